The predicted octanol–water partition coefficient (Wildman–Crippen LogP) is 4.47. The van der Waals surface area contributed by atoms with Crippen molar-refractivity contribution in [1.82, 2.24) is 15.0 Å². The van der Waals surface area contributed by atoms with Gasteiger partial charge in [-0.1, -0.05) is 17.4 Å². The van der Waals surface area contributed by atoms with Crippen LogP contribution in [0.25, 0.3) is 10.2 Å². The summed E-state index contributed by atoms with van der Waals surface area (Å²) in [5.74, 6) is 0.695. The fourth-order valence-corrected chi connectivity index (χ4v) is 4.50. The minimum Gasteiger partial charge on any atom is -0.325 e. The van der Waals surface area contributed by atoms with Crippen LogP contribution in [0.5, 0.6) is 0 Å². The second kappa shape index (κ2) is 7.36. The average molecular weight is 387 g/mol. The normalized spacial score (nSPS) is 10.9. The third kappa shape index (κ3) is 3.90. The molecular weight excluding hydrogens is 372 g/mol. The Bertz CT molecular complexity index is 983. The molecule has 4 N–H and O–H groups in total. The molecule has 25 heavy (non-hydrogen) atoms. The van der Waals surface area contributed by atoms with Crippen LogP contribution in [0, 0.1) is 0 Å². The van der Waals surface area contributed by atoms with Gasteiger partial charge in [-0.3, -0.25) is 0 Å². The van der Waals surface area contributed by atoms with E-state index in [9.17, 15) is 0 Å². The smallest absolute Gasteiger partial charge is 0.189 e. The first-order valence-electron chi connectivity index (χ1n) is 7.45. The highest BCUT2D eigenvalue weighted by molar-refractivity contribution is 8.02. The standard InChI is InChI=1S/C16H14N6S3/c17-8-11-7-14(19-9-18-11)21-16-20-12-4-3-10(6-13(12)24-16)22-25-15-2-1-5-23-15/h1-7,9,22H,8,17H2,(H,18,19,20,21). The molecule has 1 aromatic carbocycles. The lowest BCUT2D eigenvalue weighted by Crippen LogP contribution is -2.02. The Kier molecular flexibility index (Phi) is 4.79. The maximum Gasteiger partial charge on any atom is 0.189 e. The molecule has 0 atom stereocenters. The van der Waals surface area contributed by atoms with Gasteiger partial charge in [0.15, 0.2) is 5.13 Å². The Morgan fingerprint density at radius 2 is 2.12 bits per heavy atom. The Labute approximate surface area is 156 Å². The molecule has 4 rings (SSSR count). The molecule has 0 aliphatic carbocycles. The van der Waals surface area contributed by atoms with Gasteiger partial charge in [0.05, 0.1) is 20.1 Å². The molecule has 4 aromatic rings. The van der Waals surface area contributed by atoms with E-state index in [1.807, 2.05) is 24.3 Å². The van der Waals surface area contributed by atoms with Crippen LogP contribution >= 0.6 is 34.6 Å². The number of benzene rings is 1. The van der Waals surface area contributed by atoms with Crippen LogP contribution in [-0.4, -0.2) is 15.0 Å². The van der Waals surface area contributed by atoms with Gasteiger partial charge in [0.2, 0.25) is 0 Å². The number of hydrogen-bond donors (Lipinski definition) is 3. The first-order chi connectivity index (χ1) is 12.3. The van der Waals surface area contributed by atoms with Crippen molar-refractivity contribution < 1.29 is 0 Å². The molecule has 9 heteroatoms. The molecule has 0 amide bonds. The van der Waals surface area contributed by atoms with Crippen LogP contribution in [-0.2, 0) is 6.54 Å². The van der Waals surface area contributed by atoms with E-state index >= 15 is 0 Å². The van der Waals surface area contributed by atoms with Crippen LogP contribution in [0.15, 0.2) is 52.3 Å². The summed E-state index contributed by atoms with van der Waals surface area (Å²) >= 11 is 4.91. The van der Waals surface area contributed by atoms with Crippen molar-refractivity contribution in [2.75, 3.05) is 10.0 Å². The van der Waals surface area contributed by atoms with Crippen LogP contribution in [0.3, 0.4) is 0 Å². The predicted molar refractivity (Wildman–Crippen MR) is 107 cm³/mol. The fraction of sp³-hybridized carbons (Fsp3) is 0.0625. The number of anilines is 3. The molecule has 0 saturated heterocycles. The molecule has 126 valence electrons. The van der Waals surface area contributed by atoms with Gasteiger partial charge in [0.25, 0.3) is 0 Å². The molecule has 0 saturated carbocycles. The van der Waals surface area contributed by atoms with Crippen molar-refractivity contribution in [3.63, 3.8) is 0 Å². The van der Waals surface area contributed by atoms with E-state index in [-0.39, 0.29) is 0 Å². The number of thiazole rings is 1. The molecule has 0 radical (unpaired) electrons. The number of rotatable bonds is 6. The highest BCUT2D eigenvalue weighted by Gasteiger charge is 2.07. The van der Waals surface area contributed by atoms with Gasteiger partial charge in [-0.05, 0) is 41.6 Å². The lowest BCUT2D eigenvalue weighted by Gasteiger charge is -2.02. The number of fused-ring (bicyclic) bond motifs is 1. The number of nitrogens with two attached hydrogens (primary N) is 1. The summed E-state index contributed by atoms with van der Waals surface area (Å²) in [7, 11) is 0. The van der Waals surface area contributed by atoms with Gasteiger partial charge in [-0.2, -0.15) is 0 Å². The van der Waals surface area contributed by atoms with Crippen molar-refractivity contribution in [1.29, 1.82) is 0 Å². The number of nitrogens with zero attached hydrogens (tertiary/aromatic N) is 3. The van der Waals surface area contributed by atoms with Crippen molar-refractivity contribution >= 4 is 61.5 Å². The van der Waals surface area contributed by atoms with Gasteiger partial charge in [0.1, 0.15) is 12.1 Å². The summed E-state index contributed by atoms with van der Waals surface area (Å²) in [6.45, 7) is 0.383. The van der Waals surface area contributed by atoms with E-state index in [2.05, 4.69) is 42.5 Å². The Hall–Kier alpha value is -2.20. The van der Waals surface area contributed by atoms with Crippen LogP contribution in [0.2, 0.25) is 0 Å². The molecule has 0 aliphatic heterocycles. The van der Waals surface area contributed by atoms with E-state index in [4.69, 9.17) is 5.73 Å². The SMILES string of the molecule is NCc1cc(Nc2nc3ccc(NSc4cccs4)cc3s2)ncn1. The number of thiophene rings is 1. The van der Waals surface area contributed by atoms with E-state index < -0.39 is 0 Å². The van der Waals surface area contributed by atoms with Gasteiger partial charge in [0, 0.05) is 18.3 Å². The average Bonchev–Trinajstić information content (AvgIpc) is 3.28. The summed E-state index contributed by atoms with van der Waals surface area (Å²) in [5.41, 5.74) is 8.40. The summed E-state index contributed by atoms with van der Waals surface area (Å²) in [5, 5.41) is 6.08. The Balaban J connectivity index is 1.51. The summed E-state index contributed by atoms with van der Waals surface area (Å²) in [4.78, 5) is 12.9. The van der Waals surface area contributed by atoms with E-state index in [1.165, 1.54) is 10.5 Å². The van der Waals surface area contributed by atoms with Crippen molar-refractivity contribution in [3.05, 3.63) is 53.8 Å². The maximum atomic E-state index is 5.61. The van der Waals surface area contributed by atoms with Gasteiger partial charge in [-0.25, -0.2) is 15.0 Å². The highest BCUT2D eigenvalue weighted by atomic mass is 32.2. The van der Waals surface area contributed by atoms with Crippen LogP contribution in [0.1, 0.15) is 5.69 Å². The fourth-order valence-electron chi connectivity index (χ4n) is 2.16. The zero-order valence-corrected chi connectivity index (χ0v) is 15.4. The third-order valence-corrected chi connectivity index (χ3v) is 6.13. The summed E-state index contributed by atoms with van der Waals surface area (Å²) in [6.07, 6.45) is 1.50. The van der Waals surface area contributed by atoms with E-state index in [0.29, 0.717) is 12.4 Å². The maximum absolute atomic E-state index is 5.61. The molecule has 3 heterocycles. The summed E-state index contributed by atoms with van der Waals surface area (Å²) < 4.78 is 5.70. The third-order valence-electron chi connectivity index (χ3n) is 3.32. The number of aromatic nitrogens is 3. The Morgan fingerprint density at radius 1 is 1.16 bits per heavy atom. The Morgan fingerprint density at radius 3 is 2.96 bits per heavy atom. The molecule has 0 unspecified atom stereocenters. The van der Waals surface area contributed by atoms with E-state index in [0.717, 1.165) is 26.7 Å². The molecule has 0 bridgehead atoms. The van der Waals surface area contributed by atoms with Gasteiger partial charge >= 0.3 is 0 Å². The minimum atomic E-state index is 0.383. The quantitative estimate of drug-likeness (QED) is 0.421. The zero-order valence-electron chi connectivity index (χ0n) is 13.0. The second-order valence-electron chi connectivity index (χ2n) is 5.06. The lowest BCUT2D eigenvalue weighted by atomic mass is 10.3. The summed E-state index contributed by atoms with van der Waals surface area (Å²) in [6, 6.07) is 12.1. The molecule has 0 fully saturated rings. The zero-order chi connectivity index (χ0) is 17.1. The van der Waals surface area contributed by atoms with Crippen molar-refractivity contribution in [3.8, 4) is 0 Å². The second-order valence-corrected chi connectivity index (χ2v) is 8.15. The molecule has 6 nitrogen and oxygen atoms in total. The van der Waals surface area contributed by atoms with Gasteiger partial charge < -0.3 is 15.8 Å². The number of nitrogens with one attached hydrogen (secondary N) is 2. The molecular formula is C16H14N6S3. The van der Waals surface area contributed by atoms with Crippen molar-refractivity contribution in [2.24, 2.45) is 5.73 Å². The molecule has 3 aromatic heterocycles. The largest absolute Gasteiger partial charge is 0.325 e. The highest BCUT2D eigenvalue weighted by Crippen LogP contribution is 2.32. The molecule has 0 aliphatic rings. The van der Waals surface area contributed by atoms with E-state index in [1.54, 1.807) is 34.6 Å². The van der Waals surface area contributed by atoms with Crippen molar-refractivity contribution in [2.45, 2.75) is 10.8 Å². The first-order valence-corrected chi connectivity index (χ1v) is 9.96. The topological polar surface area (TPSA) is 88.8 Å². The monoisotopic (exact) mass is 386 g/mol. The minimum absolute atomic E-state index is 0.383. The number of hydrogen-bond acceptors (Lipinski definition) is 9. The lowest BCUT2D eigenvalue weighted by molar-refractivity contribution is 0.966. The first kappa shape index (κ1) is 16.3. The molecule has 0 spiro atoms. The van der Waals surface area contributed by atoms with Gasteiger partial charge in [-0.15, -0.1) is 11.3 Å². The van der Waals surface area contributed by atoms with Crippen LogP contribution in [0.4, 0.5) is 16.6 Å². The van der Waals surface area contributed by atoms with Crippen LogP contribution < -0.4 is 15.8 Å².